The van der Waals surface area contributed by atoms with Gasteiger partial charge in [0.25, 0.3) is 0 Å². The Hall–Kier alpha value is -0.300. The molecule has 4 unspecified atom stereocenters. The molecule has 1 aromatic carbocycles. The fourth-order valence-electron chi connectivity index (χ4n) is 4.34. The highest BCUT2D eigenvalue weighted by Crippen LogP contribution is 2.51. The highest BCUT2D eigenvalue weighted by Gasteiger charge is 2.39. The van der Waals surface area contributed by atoms with Crippen LogP contribution in [0.5, 0.6) is 0 Å². The van der Waals surface area contributed by atoms with Crippen LogP contribution in [0.3, 0.4) is 0 Å². The lowest BCUT2D eigenvalue weighted by Gasteiger charge is -2.24. The van der Waals surface area contributed by atoms with Crippen LogP contribution < -0.4 is 0 Å². The topological polar surface area (TPSA) is 0 Å². The van der Waals surface area contributed by atoms with Crippen molar-refractivity contribution in [2.75, 3.05) is 0 Å². The van der Waals surface area contributed by atoms with Gasteiger partial charge < -0.3 is 0 Å². The molecule has 1 aromatic rings. The van der Waals surface area contributed by atoms with E-state index in [9.17, 15) is 0 Å². The molecule has 3 rings (SSSR count). The molecule has 0 aromatic heterocycles. The van der Waals surface area contributed by atoms with Crippen molar-refractivity contribution in [1.82, 2.24) is 0 Å². The Balaban J connectivity index is 1.55. The summed E-state index contributed by atoms with van der Waals surface area (Å²) in [5.74, 6) is 3.10. The third-order valence-corrected chi connectivity index (χ3v) is 6.46. The molecule has 0 N–H and O–H groups in total. The highest BCUT2D eigenvalue weighted by molar-refractivity contribution is 9.09. The van der Waals surface area contributed by atoms with E-state index >= 15 is 0 Å². The van der Waals surface area contributed by atoms with E-state index in [1.54, 1.807) is 0 Å². The van der Waals surface area contributed by atoms with Gasteiger partial charge in [-0.1, -0.05) is 60.0 Å². The molecular formula is C19H27Br. The Bertz CT molecular complexity index is 422. The zero-order valence-corrected chi connectivity index (χ0v) is 14.2. The molecule has 4 atom stereocenters. The Morgan fingerprint density at radius 2 is 1.95 bits per heavy atom. The highest BCUT2D eigenvalue weighted by atomic mass is 79.9. The summed E-state index contributed by atoms with van der Waals surface area (Å²) in [6.45, 7) is 2.26. The normalized spacial score (nSPS) is 29.8. The lowest BCUT2D eigenvalue weighted by Crippen LogP contribution is -2.12. The number of hydrogen-bond donors (Lipinski definition) is 0. The number of hydrogen-bond acceptors (Lipinski definition) is 0. The third kappa shape index (κ3) is 3.30. The summed E-state index contributed by atoms with van der Waals surface area (Å²) in [4.78, 5) is 0.562. The Morgan fingerprint density at radius 3 is 2.55 bits per heavy atom. The predicted molar refractivity (Wildman–Crippen MR) is 90.3 cm³/mol. The summed E-state index contributed by atoms with van der Waals surface area (Å²) in [5.41, 5.74) is 2.98. The van der Waals surface area contributed by atoms with Crippen LogP contribution in [0, 0.1) is 17.8 Å². The zero-order valence-electron chi connectivity index (χ0n) is 12.7. The second kappa shape index (κ2) is 6.64. The van der Waals surface area contributed by atoms with Gasteiger partial charge in [0.1, 0.15) is 0 Å². The molecule has 0 aliphatic heterocycles. The molecular weight excluding hydrogens is 308 g/mol. The van der Waals surface area contributed by atoms with Crippen LogP contribution in [-0.4, -0.2) is 0 Å². The summed E-state index contributed by atoms with van der Waals surface area (Å²) in [6.07, 6.45) is 11.2. The molecule has 110 valence electrons. The maximum Gasteiger partial charge on any atom is 0.0398 e. The summed E-state index contributed by atoms with van der Waals surface area (Å²) >= 11 is 3.94. The standard InChI is InChI=1S/C19H27Br/c1-2-3-4-14-5-8-16(9-6-14)19(20)13-18-12-15-7-10-17(18)11-15/h5-6,8-9,15,17-19H,2-4,7,10-13H2,1H3. The number of rotatable bonds is 6. The van der Waals surface area contributed by atoms with Crippen molar-refractivity contribution >= 4 is 15.9 Å². The van der Waals surface area contributed by atoms with Crippen molar-refractivity contribution in [3.05, 3.63) is 35.4 Å². The molecule has 2 saturated carbocycles. The van der Waals surface area contributed by atoms with Crippen LogP contribution in [-0.2, 0) is 6.42 Å². The van der Waals surface area contributed by atoms with Crippen molar-refractivity contribution in [2.24, 2.45) is 17.8 Å². The van der Waals surface area contributed by atoms with Gasteiger partial charge in [0.05, 0.1) is 0 Å². The Labute approximate surface area is 132 Å². The molecule has 0 spiro atoms. The average molecular weight is 335 g/mol. The third-order valence-electron chi connectivity index (χ3n) is 5.55. The van der Waals surface area contributed by atoms with Gasteiger partial charge >= 0.3 is 0 Å². The fraction of sp³-hybridized carbons (Fsp3) is 0.684. The molecule has 2 bridgehead atoms. The van der Waals surface area contributed by atoms with Gasteiger partial charge in [0, 0.05) is 4.83 Å². The summed E-state index contributed by atoms with van der Waals surface area (Å²) in [6, 6.07) is 9.36. The molecule has 0 heterocycles. The summed E-state index contributed by atoms with van der Waals surface area (Å²) < 4.78 is 0. The van der Waals surface area contributed by atoms with E-state index < -0.39 is 0 Å². The molecule has 2 aliphatic rings. The van der Waals surface area contributed by atoms with E-state index in [0.29, 0.717) is 4.83 Å². The number of halogens is 1. The minimum absolute atomic E-state index is 0.562. The number of unbranched alkanes of at least 4 members (excludes halogenated alkanes) is 1. The molecule has 2 fully saturated rings. The lowest BCUT2D eigenvalue weighted by atomic mass is 9.84. The molecule has 0 amide bonds. The minimum Gasteiger partial charge on any atom is -0.0839 e. The molecule has 20 heavy (non-hydrogen) atoms. The van der Waals surface area contributed by atoms with Crippen LogP contribution in [0.2, 0.25) is 0 Å². The average Bonchev–Trinajstić information content (AvgIpc) is 3.08. The number of aryl methyl sites for hydroxylation is 1. The van der Waals surface area contributed by atoms with Crippen LogP contribution >= 0.6 is 15.9 Å². The molecule has 0 saturated heterocycles. The van der Waals surface area contributed by atoms with Crippen molar-refractivity contribution in [3.8, 4) is 0 Å². The van der Waals surface area contributed by atoms with Crippen molar-refractivity contribution in [3.63, 3.8) is 0 Å². The van der Waals surface area contributed by atoms with E-state index in [0.717, 1.165) is 17.8 Å². The summed E-state index contributed by atoms with van der Waals surface area (Å²) in [5, 5.41) is 0. The van der Waals surface area contributed by atoms with E-state index in [4.69, 9.17) is 0 Å². The zero-order chi connectivity index (χ0) is 13.9. The van der Waals surface area contributed by atoms with Gasteiger partial charge in [-0.3, -0.25) is 0 Å². The SMILES string of the molecule is CCCCc1ccc(C(Br)CC2CC3CCC2C3)cc1. The molecule has 2 aliphatic carbocycles. The van der Waals surface area contributed by atoms with Gasteiger partial charge in [0.2, 0.25) is 0 Å². The van der Waals surface area contributed by atoms with Crippen LogP contribution in [0.4, 0.5) is 0 Å². The maximum atomic E-state index is 3.94. The monoisotopic (exact) mass is 334 g/mol. The van der Waals surface area contributed by atoms with Crippen molar-refractivity contribution in [2.45, 2.75) is 63.1 Å². The maximum absolute atomic E-state index is 3.94. The first-order valence-electron chi connectivity index (χ1n) is 8.49. The van der Waals surface area contributed by atoms with Gasteiger partial charge in [-0.25, -0.2) is 0 Å². The first-order valence-corrected chi connectivity index (χ1v) is 9.40. The van der Waals surface area contributed by atoms with Crippen LogP contribution in [0.15, 0.2) is 24.3 Å². The van der Waals surface area contributed by atoms with E-state index in [1.165, 1.54) is 62.5 Å². The van der Waals surface area contributed by atoms with Crippen LogP contribution in [0.25, 0.3) is 0 Å². The van der Waals surface area contributed by atoms with Crippen LogP contribution in [0.1, 0.15) is 67.8 Å². The van der Waals surface area contributed by atoms with Crippen molar-refractivity contribution in [1.29, 1.82) is 0 Å². The number of benzene rings is 1. The first-order chi connectivity index (χ1) is 9.76. The second-order valence-corrected chi connectivity index (χ2v) is 8.09. The summed E-state index contributed by atoms with van der Waals surface area (Å²) in [7, 11) is 0. The smallest absolute Gasteiger partial charge is 0.0398 e. The van der Waals surface area contributed by atoms with Gasteiger partial charge in [-0.05, 0) is 67.4 Å². The number of fused-ring (bicyclic) bond motifs is 2. The van der Waals surface area contributed by atoms with E-state index in [-0.39, 0.29) is 0 Å². The van der Waals surface area contributed by atoms with E-state index in [1.807, 2.05) is 0 Å². The molecule has 0 radical (unpaired) electrons. The predicted octanol–water partition coefficient (Wildman–Crippen LogP) is 6.29. The van der Waals surface area contributed by atoms with Gasteiger partial charge in [-0.2, -0.15) is 0 Å². The lowest BCUT2D eigenvalue weighted by molar-refractivity contribution is 0.314. The fourth-order valence-corrected chi connectivity index (χ4v) is 5.13. The molecule has 1 heteroatoms. The first kappa shape index (κ1) is 14.6. The van der Waals surface area contributed by atoms with Gasteiger partial charge in [-0.15, -0.1) is 0 Å². The quantitative estimate of drug-likeness (QED) is 0.536. The molecule has 0 nitrogen and oxygen atoms in total. The Kier molecular flexibility index (Phi) is 4.86. The second-order valence-electron chi connectivity index (χ2n) is 6.98. The van der Waals surface area contributed by atoms with Crippen molar-refractivity contribution < 1.29 is 0 Å². The van der Waals surface area contributed by atoms with Gasteiger partial charge in [0.15, 0.2) is 0 Å². The largest absolute Gasteiger partial charge is 0.0839 e. The minimum atomic E-state index is 0.562. The number of alkyl halides is 1. The van der Waals surface area contributed by atoms with E-state index in [2.05, 4.69) is 47.1 Å². The Morgan fingerprint density at radius 1 is 1.15 bits per heavy atom.